The smallest absolute Gasteiger partial charge is 0.306 e. The minimum Gasteiger partial charge on any atom is -0.462 e. The molecule has 0 aromatic carbocycles. The van der Waals surface area contributed by atoms with Crippen LogP contribution < -0.4 is 0 Å². The fourth-order valence-electron chi connectivity index (χ4n) is 8.31. The molecule has 0 aliphatic rings. The van der Waals surface area contributed by atoms with Gasteiger partial charge in [-0.3, -0.25) is 14.4 Å². The molecule has 0 N–H and O–H groups in total. The quantitative estimate of drug-likeness (QED) is 0.0344. The van der Waals surface area contributed by atoms with Crippen LogP contribution in [0.3, 0.4) is 0 Å². The summed E-state index contributed by atoms with van der Waals surface area (Å²) < 4.78 is 16.8. The van der Waals surface area contributed by atoms with Crippen molar-refractivity contribution in [1.29, 1.82) is 0 Å². The topological polar surface area (TPSA) is 78.9 Å². The lowest BCUT2D eigenvalue weighted by Gasteiger charge is -2.18. The van der Waals surface area contributed by atoms with Gasteiger partial charge in [0.25, 0.3) is 0 Å². The molecule has 0 bridgehead atoms. The fraction of sp³-hybridized carbons (Fsp3) is 0.945. The predicted octanol–water partition coefficient (Wildman–Crippen LogP) is 17.7. The van der Waals surface area contributed by atoms with Gasteiger partial charge in [-0.2, -0.15) is 0 Å². The Balaban J connectivity index is 4.26. The van der Waals surface area contributed by atoms with Crippen LogP contribution in [-0.4, -0.2) is 37.2 Å². The zero-order valence-corrected chi connectivity index (χ0v) is 41.8. The normalized spacial score (nSPS) is 12.5. The van der Waals surface area contributed by atoms with Gasteiger partial charge in [0.1, 0.15) is 13.2 Å². The minimum absolute atomic E-state index is 0.0632. The Bertz CT molecular complexity index is 933. The third-order valence-corrected chi connectivity index (χ3v) is 12.8. The first-order valence-corrected chi connectivity index (χ1v) is 27.3. The molecule has 0 saturated carbocycles. The molecule has 0 aliphatic heterocycles. The van der Waals surface area contributed by atoms with E-state index in [0.29, 0.717) is 19.3 Å². The molecular formula is C55H106O6. The van der Waals surface area contributed by atoms with Crippen molar-refractivity contribution in [3.05, 3.63) is 0 Å². The number of rotatable bonds is 49. The monoisotopic (exact) mass is 863 g/mol. The van der Waals surface area contributed by atoms with Gasteiger partial charge in [-0.25, -0.2) is 0 Å². The average molecular weight is 863 g/mol. The molecule has 0 heterocycles. The third kappa shape index (κ3) is 47.7. The maximum absolute atomic E-state index is 12.8. The van der Waals surface area contributed by atoms with E-state index in [2.05, 4.69) is 34.6 Å². The molecule has 2 atom stereocenters. The standard InChI is InChI=1S/C55H106O6/c1-6-8-9-10-11-12-18-27-32-37-42-47-55(58)61-52(49-60-54(57)46-41-36-31-26-22-17-19-23-28-33-38-43-50(3)4)48-59-53(56)45-40-35-30-25-21-16-14-13-15-20-24-29-34-39-44-51(5)7-2/h50-52H,6-49H2,1-5H3/t51?,52-/m0/s1. The number of ether oxygens (including phenoxy) is 3. The predicted molar refractivity (Wildman–Crippen MR) is 261 cm³/mol. The molecule has 0 spiro atoms. The van der Waals surface area contributed by atoms with Crippen molar-refractivity contribution in [3.8, 4) is 0 Å². The number of carbonyl (C=O) groups excluding carboxylic acids is 3. The molecular weight excluding hydrogens is 757 g/mol. The van der Waals surface area contributed by atoms with Gasteiger partial charge in [0.15, 0.2) is 6.10 Å². The van der Waals surface area contributed by atoms with Crippen LogP contribution in [0.5, 0.6) is 0 Å². The highest BCUT2D eigenvalue weighted by atomic mass is 16.6. The van der Waals surface area contributed by atoms with E-state index in [9.17, 15) is 14.4 Å². The van der Waals surface area contributed by atoms with Crippen molar-refractivity contribution in [2.24, 2.45) is 11.8 Å². The lowest BCUT2D eigenvalue weighted by molar-refractivity contribution is -0.167. The minimum atomic E-state index is -0.761. The molecule has 6 nitrogen and oxygen atoms in total. The maximum atomic E-state index is 12.8. The highest BCUT2D eigenvalue weighted by molar-refractivity contribution is 5.71. The molecule has 1 unspecified atom stereocenters. The van der Waals surface area contributed by atoms with E-state index in [-0.39, 0.29) is 31.1 Å². The number of carbonyl (C=O) groups is 3. The van der Waals surface area contributed by atoms with Crippen molar-refractivity contribution in [1.82, 2.24) is 0 Å². The van der Waals surface area contributed by atoms with E-state index in [4.69, 9.17) is 14.2 Å². The summed E-state index contributed by atoms with van der Waals surface area (Å²) in [4.78, 5) is 38.0. The first-order valence-electron chi connectivity index (χ1n) is 27.3. The number of esters is 3. The summed E-state index contributed by atoms with van der Waals surface area (Å²) >= 11 is 0. The Morgan fingerprint density at radius 3 is 0.934 bits per heavy atom. The molecule has 0 radical (unpaired) electrons. The van der Waals surface area contributed by atoms with E-state index >= 15 is 0 Å². The van der Waals surface area contributed by atoms with Crippen LogP contribution in [0.1, 0.15) is 304 Å². The third-order valence-electron chi connectivity index (χ3n) is 12.8. The molecule has 6 heteroatoms. The number of hydrogen-bond acceptors (Lipinski definition) is 6. The first-order chi connectivity index (χ1) is 29.8. The Morgan fingerprint density at radius 1 is 0.344 bits per heavy atom. The summed E-state index contributed by atoms with van der Waals surface area (Å²) in [5, 5.41) is 0. The van der Waals surface area contributed by atoms with Crippen LogP contribution in [0.15, 0.2) is 0 Å². The van der Waals surface area contributed by atoms with Crippen LogP contribution in [0.4, 0.5) is 0 Å². The molecule has 61 heavy (non-hydrogen) atoms. The van der Waals surface area contributed by atoms with E-state index in [0.717, 1.165) is 69.6 Å². The van der Waals surface area contributed by atoms with E-state index in [1.165, 1.54) is 193 Å². The molecule has 0 amide bonds. The van der Waals surface area contributed by atoms with Gasteiger partial charge in [0.05, 0.1) is 0 Å². The van der Waals surface area contributed by atoms with Crippen molar-refractivity contribution in [2.75, 3.05) is 13.2 Å². The number of unbranched alkanes of at least 4 members (excludes halogenated alkanes) is 33. The van der Waals surface area contributed by atoms with Gasteiger partial charge < -0.3 is 14.2 Å². The highest BCUT2D eigenvalue weighted by Gasteiger charge is 2.19. The summed E-state index contributed by atoms with van der Waals surface area (Å²) in [5.41, 5.74) is 0. The van der Waals surface area contributed by atoms with E-state index in [1.54, 1.807) is 0 Å². The van der Waals surface area contributed by atoms with Crippen LogP contribution >= 0.6 is 0 Å². The van der Waals surface area contributed by atoms with Crippen molar-refractivity contribution < 1.29 is 28.6 Å². The van der Waals surface area contributed by atoms with E-state index < -0.39 is 6.10 Å². The second-order valence-corrected chi connectivity index (χ2v) is 19.6. The summed E-state index contributed by atoms with van der Waals surface area (Å²) in [6, 6.07) is 0. The molecule has 0 aromatic heterocycles. The van der Waals surface area contributed by atoms with Crippen LogP contribution in [0.25, 0.3) is 0 Å². The Morgan fingerprint density at radius 2 is 0.623 bits per heavy atom. The SMILES string of the molecule is CCCCCCCCCCCCCC(=O)O[C@@H](COC(=O)CCCCCCCCCCCCCCCCC(C)CC)COC(=O)CCCCCCCCCCCCCC(C)C. The molecule has 0 rings (SSSR count). The lowest BCUT2D eigenvalue weighted by atomic mass is 9.99. The highest BCUT2D eigenvalue weighted by Crippen LogP contribution is 2.18. The number of hydrogen-bond donors (Lipinski definition) is 0. The molecule has 0 aromatic rings. The Kier molecular flexibility index (Phi) is 46.6. The molecule has 0 aliphatic carbocycles. The zero-order valence-electron chi connectivity index (χ0n) is 41.8. The molecule has 0 saturated heterocycles. The van der Waals surface area contributed by atoms with Crippen LogP contribution in [0.2, 0.25) is 0 Å². The summed E-state index contributed by atoms with van der Waals surface area (Å²) in [7, 11) is 0. The van der Waals surface area contributed by atoms with E-state index in [1.807, 2.05) is 0 Å². The van der Waals surface area contributed by atoms with Crippen LogP contribution in [-0.2, 0) is 28.6 Å². The molecule has 362 valence electrons. The van der Waals surface area contributed by atoms with Crippen molar-refractivity contribution in [3.63, 3.8) is 0 Å². The lowest BCUT2D eigenvalue weighted by Crippen LogP contribution is -2.30. The van der Waals surface area contributed by atoms with Gasteiger partial charge >= 0.3 is 17.9 Å². The van der Waals surface area contributed by atoms with Gasteiger partial charge in [-0.15, -0.1) is 0 Å². The van der Waals surface area contributed by atoms with Crippen LogP contribution in [0, 0.1) is 11.8 Å². The van der Waals surface area contributed by atoms with Gasteiger partial charge in [-0.1, -0.05) is 266 Å². The van der Waals surface area contributed by atoms with Gasteiger partial charge in [0, 0.05) is 19.3 Å². The fourth-order valence-corrected chi connectivity index (χ4v) is 8.31. The van der Waals surface area contributed by atoms with Crippen molar-refractivity contribution in [2.45, 2.75) is 310 Å². The average Bonchev–Trinajstić information content (AvgIpc) is 3.24. The summed E-state index contributed by atoms with van der Waals surface area (Å²) in [6.07, 6.45) is 49.4. The second-order valence-electron chi connectivity index (χ2n) is 19.6. The second kappa shape index (κ2) is 47.9. The maximum Gasteiger partial charge on any atom is 0.306 e. The van der Waals surface area contributed by atoms with Crippen molar-refractivity contribution >= 4 is 17.9 Å². The summed E-state index contributed by atoms with van der Waals surface area (Å²) in [6.45, 7) is 11.4. The largest absolute Gasteiger partial charge is 0.462 e. The molecule has 0 fully saturated rings. The summed E-state index contributed by atoms with van der Waals surface area (Å²) in [5.74, 6) is 0.878. The first kappa shape index (κ1) is 59.4. The zero-order chi connectivity index (χ0) is 44.7. The van der Waals surface area contributed by atoms with Gasteiger partial charge in [-0.05, 0) is 31.1 Å². The Hall–Kier alpha value is -1.59. The van der Waals surface area contributed by atoms with Gasteiger partial charge in [0.2, 0.25) is 0 Å². The Labute approximate surface area is 380 Å².